The third-order valence-corrected chi connectivity index (χ3v) is 3.87. The van der Waals surface area contributed by atoms with Crippen molar-refractivity contribution in [2.24, 2.45) is 10.8 Å². The van der Waals surface area contributed by atoms with Gasteiger partial charge in [0, 0.05) is 6.61 Å². The zero-order valence-corrected chi connectivity index (χ0v) is 8.27. The number of aliphatic hydroxyl groups excluding tert-OH is 1. The minimum absolute atomic E-state index is 0.232. The standard InChI is InChI=1S/C11H20O/c1-4-7-10(5-2)8-11(10,6-3)9-12/h4,12H,1,5-9H2,2-3H3/t10-,11-/m0/s1. The highest BCUT2D eigenvalue weighted by molar-refractivity contribution is 5.14. The number of hydrogen-bond donors (Lipinski definition) is 1. The summed E-state index contributed by atoms with van der Waals surface area (Å²) in [4.78, 5) is 0. The lowest BCUT2D eigenvalue weighted by Gasteiger charge is -2.20. The van der Waals surface area contributed by atoms with Gasteiger partial charge in [-0.05, 0) is 36.5 Å². The molecule has 0 spiro atoms. The summed E-state index contributed by atoms with van der Waals surface area (Å²) in [5, 5.41) is 9.32. The maximum Gasteiger partial charge on any atom is 0.0492 e. The van der Waals surface area contributed by atoms with Crippen molar-refractivity contribution < 1.29 is 5.11 Å². The average Bonchev–Trinajstić information content (AvgIpc) is 2.76. The SMILES string of the molecule is C=CC[C@@]1(CC)C[C@@]1(CC)CO. The Morgan fingerprint density at radius 3 is 2.17 bits per heavy atom. The average molecular weight is 168 g/mol. The summed E-state index contributed by atoms with van der Waals surface area (Å²) in [6.45, 7) is 8.53. The van der Waals surface area contributed by atoms with E-state index in [-0.39, 0.29) is 5.41 Å². The van der Waals surface area contributed by atoms with E-state index >= 15 is 0 Å². The molecule has 1 heteroatoms. The third-order valence-electron chi connectivity index (χ3n) is 3.87. The molecular formula is C11H20O. The molecule has 1 N–H and O–H groups in total. The zero-order valence-electron chi connectivity index (χ0n) is 8.27. The maximum atomic E-state index is 9.32. The third kappa shape index (κ3) is 1.11. The molecule has 1 fully saturated rings. The first-order valence-corrected chi connectivity index (χ1v) is 4.92. The van der Waals surface area contributed by atoms with Crippen molar-refractivity contribution in [3.63, 3.8) is 0 Å². The van der Waals surface area contributed by atoms with E-state index in [1.807, 2.05) is 6.08 Å². The Morgan fingerprint density at radius 1 is 1.33 bits per heavy atom. The summed E-state index contributed by atoms with van der Waals surface area (Å²) in [6, 6.07) is 0. The molecule has 1 rings (SSSR count). The van der Waals surface area contributed by atoms with Crippen LogP contribution in [0, 0.1) is 10.8 Å². The van der Waals surface area contributed by atoms with Crippen LogP contribution in [0.2, 0.25) is 0 Å². The van der Waals surface area contributed by atoms with Crippen LogP contribution in [-0.4, -0.2) is 11.7 Å². The first-order chi connectivity index (χ1) is 5.70. The van der Waals surface area contributed by atoms with Gasteiger partial charge in [0.05, 0.1) is 0 Å². The summed E-state index contributed by atoms with van der Waals surface area (Å²) in [5.41, 5.74) is 0.619. The number of rotatable bonds is 5. The van der Waals surface area contributed by atoms with Crippen LogP contribution >= 0.6 is 0 Å². The Bertz CT molecular complexity index is 170. The van der Waals surface area contributed by atoms with Crippen molar-refractivity contribution in [2.75, 3.05) is 6.61 Å². The molecule has 0 aromatic heterocycles. The summed E-state index contributed by atoms with van der Waals surface area (Å²) >= 11 is 0. The van der Waals surface area contributed by atoms with Crippen molar-refractivity contribution in [3.8, 4) is 0 Å². The van der Waals surface area contributed by atoms with Crippen LogP contribution in [0.5, 0.6) is 0 Å². The van der Waals surface area contributed by atoms with E-state index in [1.165, 1.54) is 12.8 Å². The number of aliphatic hydroxyl groups is 1. The molecule has 0 aliphatic heterocycles. The summed E-state index contributed by atoms with van der Waals surface area (Å²) in [7, 11) is 0. The molecule has 0 unspecified atom stereocenters. The normalized spacial score (nSPS) is 39.6. The van der Waals surface area contributed by atoms with Gasteiger partial charge in [0.2, 0.25) is 0 Å². The monoisotopic (exact) mass is 168 g/mol. The Balaban J connectivity index is 2.68. The minimum atomic E-state index is 0.232. The van der Waals surface area contributed by atoms with Crippen molar-refractivity contribution >= 4 is 0 Å². The van der Waals surface area contributed by atoms with E-state index in [4.69, 9.17) is 0 Å². The maximum absolute atomic E-state index is 9.32. The Morgan fingerprint density at radius 2 is 1.92 bits per heavy atom. The van der Waals surface area contributed by atoms with Gasteiger partial charge in [0.15, 0.2) is 0 Å². The Labute approximate surface area is 75.5 Å². The Kier molecular flexibility index (Phi) is 2.62. The highest BCUT2D eigenvalue weighted by atomic mass is 16.3. The molecule has 1 aliphatic rings. The van der Waals surface area contributed by atoms with Gasteiger partial charge in [0.1, 0.15) is 0 Å². The molecule has 1 saturated carbocycles. The van der Waals surface area contributed by atoms with Crippen molar-refractivity contribution in [3.05, 3.63) is 12.7 Å². The quantitative estimate of drug-likeness (QED) is 0.626. The molecule has 2 atom stereocenters. The molecule has 1 aliphatic carbocycles. The smallest absolute Gasteiger partial charge is 0.0492 e. The molecule has 0 heterocycles. The largest absolute Gasteiger partial charge is 0.396 e. The van der Waals surface area contributed by atoms with Crippen LogP contribution in [0.1, 0.15) is 39.5 Å². The number of hydrogen-bond acceptors (Lipinski definition) is 1. The topological polar surface area (TPSA) is 20.2 Å². The van der Waals surface area contributed by atoms with Crippen LogP contribution in [0.3, 0.4) is 0 Å². The van der Waals surface area contributed by atoms with E-state index in [0.717, 1.165) is 12.8 Å². The van der Waals surface area contributed by atoms with Gasteiger partial charge in [-0.2, -0.15) is 0 Å². The van der Waals surface area contributed by atoms with Crippen molar-refractivity contribution in [2.45, 2.75) is 39.5 Å². The minimum Gasteiger partial charge on any atom is -0.396 e. The van der Waals surface area contributed by atoms with Gasteiger partial charge in [0.25, 0.3) is 0 Å². The molecule has 0 amide bonds. The highest BCUT2D eigenvalue weighted by Crippen LogP contribution is 2.69. The lowest BCUT2D eigenvalue weighted by atomic mass is 9.86. The fourth-order valence-corrected chi connectivity index (χ4v) is 2.65. The zero-order chi connectivity index (χ0) is 9.24. The van der Waals surface area contributed by atoms with E-state index in [2.05, 4.69) is 20.4 Å². The van der Waals surface area contributed by atoms with E-state index in [0.29, 0.717) is 12.0 Å². The molecule has 0 aromatic rings. The lowest BCUT2D eigenvalue weighted by Crippen LogP contribution is -2.16. The van der Waals surface area contributed by atoms with Crippen LogP contribution in [0.25, 0.3) is 0 Å². The van der Waals surface area contributed by atoms with Crippen molar-refractivity contribution in [1.82, 2.24) is 0 Å². The predicted octanol–water partition coefficient (Wildman–Crippen LogP) is 2.75. The van der Waals surface area contributed by atoms with Gasteiger partial charge in [-0.3, -0.25) is 0 Å². The summed E-state index contributed by atoms with van der Waals surface area (Å²) in [6.07, 6.45) is 6.53. The first-order valence-electron chi connectivity index (χ1n) is 4.92. The van der Waals surface area contributed by atoms with Crippen LogP contribution in [0.4, 0.5) is 0 Å². The fraction of sp³-hybridized carbons (Fsp3) is 0.818. The van der Waals surface area contributed by atoms with Gasteiger partial charge < -0.3 is 5.11 Å². The first kappa shape index (κ1) is 9.79. The number of allylic oxidation sites excluding steroid dienone is 1. The molecule has 0 radical (unpaired) electrons. The molecule has 0 bridgehead atoms. The van der Waals surface area contributed by atoms with Gasteiger partial charge in [-0.25, -0.2) is 0 Å². The highest BCUT2D eigenvalue weighted by Gasteiger charge is 2.63. The predicted molar refractivity (Wildman–Crippen MR) is 52.0 cm³/mol. The second-order valence-electron chi connectivity index (χ2n) is 4.10. The van der Waals surface area contributed by atoms with Crippen LogP contribution in [-0.2, 0) is 0 Å². The molecule has 12 heavy (non-hydrogen) atoms. The van der Waals surface area contributed by atoms with Crippen LogP contribution in [0.15, 0.2) is 12.7 Å². The van der Waals surface area contributed by atoms with E-state index in [9.17, 15) is 5.11 Å². The molecule has 1 nitrogen and oxygen atoms in total. The van der Waals surface area contributed by atoms with Gasteiger partial charge in [-0.15, -0.1) is 6.58 Å². The van der Waals surface area contributed by atoms with Gasteiger partial charge >= 0.3 is 0 Å². The molecule has 70 valence electrons. The second kappa shape index (κ2) is 3.21. The molecule has 0 saturated heterocycles. The van der Waals surface area contributed by atoms with Crippen LogP contribution < -0.4 is 0 Å². The van der Waals surface area contributed by atoms with Gasteiger partial charge in [-0.1, -0.05) is 19.9 Å². The second-order valence-corrected chi connectivity index (χ2v) is 4.10. The Hall–Kier alpha value is -0.300. The van der Waals surface area contributed by atoms with E-state index in [1.54, 1.807) is 0 Å². The van der Waals surface area contributed by atoms with E-state index < -0.39 is 0 Å². The fourth-order valence-electron chi connectivity index (χ4n) is 2.65. The molecule has 0 aromatic carbocycles. The summed E-state index contributed by atoms with van der Waals surface area (Å²) in [5.74, 6) is 0. The molecular weight excluding hydrogens is 148 g/mol. The lowest BCUT2D eigenvalue weighted by molar-refractivity contribution is 0.163. The summed E-state index contributed by atoms with van der Waals surface area (Å²) < 4.78 is 0. The van der Waals surface area contributed by atoms with Crippen molar-refractivity contribution in [1.29, 1.82) is 0 Å².